The van der Waals surface area contributed by atoms with Crippen molar-refractivity contribution in [1.29, 1.82) is 0 Å². The van der Waals surface area contributed by atoms with E-state index in [4.69, 9.17) is 15.5 Å². The summed E-state index contributed by atoms with van der Waals surface area (Å²) in [6, 6.07) is 0. The van der Waals surface area contributed by atoms with Gasteiger partial charge in [-0.1, -0.05) is 19.3 Å². The Morgan fingerprint density at radius 3 is 2.55 bits per heavy atom. The quantitative estimate of drug-likeness (QED) is 0.538. The van der Waals surface area contributed by atoms with Gasteiger partial charge in [0.2, 0.25) is 5.91 Å². The number of hydrogen-bond donors (Lipinski definition) is 4. The van der Waals surface area contributed by atoms with Gasteiger partial charge in [-0.3, -0.25) is 9.59 Å². The molecule has 0 spiro atoms. The molecular weight excluding hydrogens is 287 g/mol. The highest BCUT2D eigenvalue weighted by molar-refractivity contribution is 6.45. The van der Waals surface area contributed by atoms with Crippen LogP contribution in [0.1, 0.15) is 57.8 Å². The zero-order chi connectivity index (χ0) is 16.2. The first kappa shape index (κ1) is 17.2. The average Bonchev–Trinajstić information content (AvgIpc) is 2.41. The van der Waals surface area contributed by atoms with Crippen LogP contribution in [0.25, 0.3) is 0 Å². The van der Waals surface area contributed by atoms with Crippen molar-refractivity contribution in [3.8, 4) is 0 Å². The van der Waals surface area contributed by atoms with Crippen LogP contribution in [0.3, 0.4) is 0 Å². The third-order valence-corrected chi connectivity index (χ3v) is 4.59. The molecule has 2 fully saturated rings. The summed E-state index contributed by atoms with van der Waals surface area (Å²) in [7, 11) is -1.16. The number of aliphatic carboxylic acids is 1. The largest absolute Gasteiger partial charge is 0.481 e. The van der Waals surface area contributed by atoms with Crippen LogP contribution in [-0.4, -0.2) is 46.7 Å². The summed E-state index contributed by atoms with van der Waals surface area (Å²) in [5, 5.41) is 21.4. The molecule has 1 saturated heterocycles. The standard InChI is InChI=1S/C14H25BN2O5/c16-14(6-2-1-3-7-14)9-12(18)17-11-5-4-10(8-13(19)20)22-15(11)21/h10-11,21H,1-9,16H2,(H,17,18)(H,19,20). The fourth-order valence-corrected chi connectivity index (χ4v) is 3.37. The predicted molar refractivity (Wildman–Crippen MR) is 80.9 cm³/mol. The molecule has 0 aromatic carbocycles. The van der Waals surface area contributed by atoms with Crippen molar-refractivity contribution in [3.05, 3.63) is 0 Å². The van der Waals surface area contributed by atoms with Gasteiger partial charge in [-0.05, 0) is 25.7 Å². The third kappa shape index (κ3) is 4.96. The molecular formula is C14H25BN2O5. The fraction of sp³-hybridized carbons (Fsp3) is 0.857. The Morgan fingerprint density at radius 1 is 1.27 bits per heavy atom. The Balaban J connectivity index is 1.78. The first-order valence-electron chi connectivity index (χ1n) is 8.01. The number of nitrogens with two attached hydrogens (primary N) is 1. The lowest BCUT2D eigenvalue weighted by atomic mass is 9.72. The fourth-order valence-electron chi connectivity index (χ4n) is 3.37. The number of carbonyl (C=O) groups excluding carboxylic acids is 1. The summed E-state index contributed by atoms with van der Waals surface area (Å²) in [6.45, 7) is 0. The van der Waals surface area contributed by atoms with Crippen LogP contribution in [0.2, 0.25) is 0 Å². The maximum Gasteiger partial charge on any atom is 0.478 e. The maximum atomic E-state index is 12.1. The van der Waals surface area contributed by atoms with E-state index in [9.17, 15) is 14.6 Å². The topological polar surface area (TPSA) is 122 Å². The van der Waals surface area contributed by atoms with Crippen molar-refractivity contribution < 1.29 is 24.4 Å². The van der Waals surface area contributed by atoms with E-state index in [1.165, 1.54) is 6.42 Å². The van der Waals surface area contributed by atoms with E-state index in [1.807, 2.05) is 0 Å². The lowest BCUT2D eigenvalue weighted by molar-refractivity contribution is -0.139. The monoisotopic (exact) mass is 312 g/mol. The molecule has 7 nitrogen and oxygen atoms in total. The summed E-state index contributed by atoms with van der Waals surface area (Å²) in [6.07, 6.45) is 5.60. The number of hydrogen-bond acceptors (Lipinski definition) is 5. The van der Waals surface area contributed by atoms with Crippen molar-refractivity contribution in [2.75, 3.05) is 0 Å². The Labute approximate surface area is 130 Å². The highest BCUT2D eigenvalue weighted by atomic mass is 16.5. The third-order valence-electron chi connectivity index (χ3n) is 4.59. The Hall–Kier alpha value is -1.12. The van der Waals surface area contributed by atoms with Crippen LogP contribution in [0.5, 0.6) is 0 Å². The van der Waals surface area contributed by atoms with Crippen LogP contribution >= 0.6 is 0 Å². The van der Waals surface area contributed by atoms with E-state index < -0.39 is 30.7 Å². The van der Waals surface area contributed by atoms with Gasteiger partial charge in [0.15, 0.2) is 0 Å². The minimum Gasteiger partial charge on any atom is -0.481 e. The molecule has 2 aliphatic rings. The molecule has 1 aliphatic heterocycles. The zero-order valence-electron chi connectivity index (χ0n) is 12.8. The zero-order valence-corrected chi connectivity index (χ0v) is 12.8. The molecule has 1 saturated carbocycles. The Kier molecular flexibility index (Phi) is 5.83. The first-order valence-corrected chi connectivity index (χ1v) is 8.01. The van der Waals surface area contributed by atoms with Gasteiger partial charge in [0.1, 0.15) is 0 Å². The van der Waals surface area contributed by atoms with Crippen molar-refractivity contribution in [2.24, 2.45) is 5.73 Å². The lowest BCUT2D eigenvalue weighted by Gasteiger charge is -2.35. The summed E-state index contributed by atoms with van der Waals surface area (Å²) < 4.78 is 5.25. The van der Waals surface area contributed by atoms with Crippen molar-refractivity contribution in [1.82, 2.24) is 5.32 Å². The van der Waals surface area contributed by atoms with E-state index in [0.29, 0.717) is 12.8 Å². The molecule has 2 atom stereocenters. The van der Waals surface area contributed by atoms with E-state index >= 15 is 0 Å². The smallest absolute Gasteiger partial charge is 0.478 e. The van der Waals surface area contributed by atoms with Crippen molar-refractivity contribution in [3.63, 3.8) is 0 Å². The van der Waals surface area contributed by atoms with E-state index in [0.717, 1.165) is 25.7 Å². The van der Waals surface area contributed by atoms with Crippen LogP contribution in [-0.2, 0) is 14.2 Å². The number of nitrogens with one attached hydrogen (secondary N) is 1. The van der Waals surface area contributed by atoms with Crippen molar-refractivity contribution in [2.45, 2.75) is 75.4 Å². The molecule has 2 unspecified atom stereocenters. The minimum absolute atomic E-state index is 0.135. The van der Waals surface area contributed by atoms with Crippen LogP contribution in [0.4, 0.5) is 0 Å². The molecule has 0 bridgehead atoms. The highest BCUT2D eigenvalue weighted by Gasteiger charge is 2.38. The summed E-state index contributed by atoms with van der Waals surface area (Å²) in [4.78, 5) is 22.8. The van der Waals surface area contributed by atoms with Crippen LogP contribution in [0, 0.1) is 0 Å². The summed E-state index contributed by atoms with van der Waals surface area (Å²) in [5.74, 6) is -1.62. The second kappa shape index (κ2) is 7.43. The molecule has 2 rings (SSSR count). The van der Waals surface area contributed by atoms with Crippen molar-refractivity contribution >= 4 is 19.0 Å². The summed E-state index contributed by atoms with van der Waals surface area (Å²) in [5.41, 5.74) is 5.82. The molecule has 0 radical (unpaired) electrons. The molecule has 0 aromatic heterocycles. The van der Waals surface area contributed by atoms with Gasteiger partial charge in [-0.15, -0.1) is 0 Å². The number of amides is 1. The Morgan fingerprint density at radius 2 is 1.95 bits per heavy atom. The second-order valence-electron chi connectivity index (χ2n) is 6.60. The van der Waals surface area contributed by atoms with E-state index in [-0.39, 0.29) is 18.7 Å². The lowest BCUT2D eigenvalue weighted by Crippen LogP contribution is -2.55. The van der Waals surface area contributed by atoms with E-state index in [1.54, 1.807) is 0 Å². The second-order valence-corrected chi connectivity index (χ2v) is 6.60. The molecule has 124 valence electrons. The van der Waals surface area contributed by atoms with Gasteiger partial charge in [-0.2, -0.15) is 0 Å². The van der Waals surface area contributed by atoms with Gasteiger partial charge in [-0.25, -0.2) is 0 Å². The maximum absolute atomic E-state index is 12.1. The molecule has 22 heavy (non-hydrogen) atoms. The molecule has 8 heteroatoms. The van der Waals surface area contributed by atoms with Gasteiger partial charge < -0.3 is 25.8 Å². The van der Waals surface area contributed by atoms with Crippen LogP contribution in [0.15, 0.2) is 0 Å². The number of carboxylic acids is 1. The summed E-state index contributed by atoms with van der Waals surface area (Å²) >= 11 is 0. The van der Waals surface area contributed by atoms with Gasteiger partial charge >= 0.3 is 13.1 Å². The molecule has 1 amide bonds. The first-order chi connectivity index (χ1) is 10.4. The molecule has 5 N–H and O–H groups in total. The Bertz CT molecular complexity index is 414. The van der Waals surface area contributed by atoms with Crippen LogP contribution < -0.4 is 11.1 Å². The highest BCUT2D eigenvalue weighted by Crippen LogP contribution is 2.28. The number of carboxylic acid groups (broad SMARTS) is 1. The van der Waals surface area contributed by atoms with Gasteiger partial charge in [0.25, 0.3) is 0 Å². The average molecular weight is 312 g/mol. The molecule has 0 aromatic rings. The minimum atomic E-state index is -1.16. The van der Waals surface area contributed by atoms with Gasteiger partial charge in [0.05, 0.1) is 18.5 Å². The SMILES string of the molecule is NC1(CC(=O)NC2CCC(CC(=O)O)OB2O)CCCCC1. The normalized spacial score (nSPS) is 28.2. The molecule has 1 heterocycles. The molecule has 1 aliphatic carbocycles. The van der Waals surface area contributed by atoms with E-state index in [2.05, 4.69) is 5.32 Å². The number of carbonyl (C=O) groups is 2. The van der Waals surface area contributed by atoms with Gasteiger partial charge in [0, 0.05) is 12.0 Å². The predicted octanol–water partition coefficient (Wildman–Crippen LogP) is 0.196. The number of rotatable bonds is 5.